The van der Waals surface area contributed by atoms with Crippen LogP contribution in [0.5, 0.6) is 0 Å². The number of nitriles is 1. The standard InChI is InChI=1S/C20H13N3O3/c21-12-17-9-8-16(26-17)11-18(19(24)14-5-2-1-3-6-14)20(25)23-15-7-4-10-22-13-15/h1-11,13H,(H,23,25)/b18-11+. The molecular formula is C20H13N3O3. The molecule has 6 heteroatoms. The lowest BCUT2D eigenvalue weighted by molar-refractivity contribution is -0.112. The number of nitrogens with one attached hydrogen (secondary N) is 1. The number of hydrogen-bond acceptors (Lipinski definition) is 5. The van der Waals surface area contributed by atoms with Gasteiger partial charge in [0.05, 0.1) is 17.5 Å². The van der Waals surface area contributed by atoms with Crippen LogP contribution >= 0.6 is 0 Å². The first-order chi connectivity index (χ1) is 12.7. The Bertz CT molecular complexity index is 1000. The molecule has 126 valence electrons. The van der Waals surface area contributed by atoms with Crippen molar-refractivity contribution in [3.63, 3.8) is 0 Å². The molecule has 1 amide bonds. The SMILES string of the molecule is N#Cc1ccc(/C=C(/C(=O)Nc2cccnc2)C(=O)c2ccccc2)o1. The van der Waals surface area contributed by atoms with Crippen LogP contribution < -0.4 is 5.32 Å². The molecule has 1 aromatic carbocycles. The lowest BCUT2D eigenvalue weighted by atomic mass is 10.0. The largest absolute Gasteiger partial charge is 0.446 e. The fraction of sp³-hybridized carbons (Fsp3) is 0. The van der Waals surface area contributed by atoms with Gasteiger partial charge in [0.15, 0.2) is 5.78 Å². The van der Waals surface area contributed by atoms with Crippen molar-refractivity contribution in [2.45, 2.75) is 0 Å². The van der Waals surface area contributed by atoms with Crippen LogP contribution in [0.4, 0.5) is 5.69 Å². The summed E-state index contributed by atoms with van der Waals surface area (Å²) in [6, 6.07) is 16.6. The zero-order valence-electron chi connectivity index (χ0n) is 13.5. The summed E-state index contributed by atoms with van der Waals surface area (Å²) < 4.78 is 5.27. The van der Waals surface area contributed by atoms with Crippen LogP contribution in [0.3, 0.4) is 0 Å². The van der Waals surface area contributed by atoms with E-state index >= 15 is 0 Å². The van der Waals surface area contributed by atoms with Gasteiger partial charge in [-0.1, -0.05) is 30.3 Å². The number of hydrogen-bond donors (Lipinski definition) is 1. The fourth-order valence-electron chi connectivity index (χ4n) is 2.25. The topological polar surface area (TPSA) is 96.0 Å². The monoisotopic (exact) mass is 343 g/mol. The van der Waals surface area contributed by atoms with Gasteiger partial charge in [-0.05, 0) is 30.3 Å². The summed E-state index contributed by atoms with van der Waals surface area (Å²) in [5.41, 5.74) is 0.715. The zero-order chi connectivity index (χ0) is 18.4. The lowest BCUT2D eigenvalue weighted by Gasteiger charge is -2.08. The van der Waals surface area contributed by atoms with Gasteiger partial charge in [-0.2, -0.15) is 5.26 Å². The van der Waals surface area contributed by atoms with Gasteiger partial charge in [0, 0.05) is 11.8 Å². The van der Waals surface area contributed by atoms with Crippen molar-refractivity contribution in [3.05, 3.63) is 89.6 Å². The molecule has 0 aliphatic rings. The van der Waals surface area contributed by atoms with Crippen molar-refractivity contribution in [1.29, 1.82) is 5.26 Å². The Hall–Kier alpha value is -3.98. The van der Waals surface area contributed by atoms with Crippen molar-refractivity contribution >= 4 is 23.5 Å². The van der Waals surface area contributed by atoms with E-state index < -0.39 is 11.7 Å². The summed E-state index contributed by atoms with van der Waals surface area (Å²) in [6.07, 6.45) is 4.37. The van der Waals surface area contributed by atoms with Gasteiger partial charge >= 0.3 is 0 Å². The summed E-state index contributed by atoms with van der Waals surface area (Å²) in [5.74, 6) is -0.721. The highest BCUT2D eigenvalue weighted by Gasteiger charge is 2.21. The predicted molar refractivity (Wildman–Crippen MR) is 95.0 cm³/mol. The molecule has 0 radical (unpaired) electrons. The van der Waals surface area contributed by atoms with E-state index in [1.807, 2.05) is 6.07 Å². The number of amides is 1. The number of Topliss-reactive ketones (excluding diaryl/α,β-unsaturated/α-hetero) is 1. The molecule has 26 heavy (non-hydrogen) atoms. The maximum Gasteiger partial charge on any atom is 0.259 e. The number of carbonyl (C=O) groups is 2. The van der Waals surface area contributed by atoms with E-state index in [9.17, 15) is 9.59 Å². The van der Waals surface area contributed by atoms with Gasteiger partial charge in [0.25, 0.3) is 5.91 Å². The third-order valence-corrected chi connectivity index (χ3v) is 3.47. The van der Waals surface area contributed by atoms with Gasteiger partial charge < -0.3 is 9.73 Å². The molecule has 0 saturated carbocycles. The smallest absolute Gasteiger partial charge is 0.259 e. The molecule has 0 saturated heterocycles. The van der Waals surface area contributed by atoms with E-state index in [0.717, 1.165) is 0 Å². The van der Waals surface area contributed by atoms with Crippen molar-refractivity contribution < 1.29 is 14.0 Å². The molecule has 0 bridgehead atoms. The number of aromatic nitrogens is 1. The molecule has 0 aliphatic heterocycles. The molecule has 0 fully saturated rings. The third kappa shape index (κ3) is 3.91. The summed E-state index contributed by atoms with van der Waals surface area (Å²) in [6.45, 7) is 0. The van der Waals surface area contributed by atoms with Crippen LogP contribution in [0.2, 0.25) is 0 Å². The van der Waals surface area contributed by atoms with Gasteiger partial charge in [0.2, 0.25) is 5.76 Å². The first-order valence-corrected chi connectivity index (χ1v) is 7.70. The van der Waals surface area contributed by atoms with E-state index in [1.165, 1.54) is 24.4 Å². The minimum Gasteiger partial charge on any atom is -0.446 e. The number of ketones is 1. The summed E-state index contributed by atoms with van der Waals surface area (Å²) in [4.78, 5) is 29.4. The number of pyridine rings is 1. The van der Waals surface area contributed by atoms with E-state index in [4.69, 9.17) is 9.68 Å². The van der Waals surface area contributed by atoms with Crippen molar-refractivity contribution in [1.82, 2.24) is 4.98 Å². The van der Waals surface area contributed by atoms with Gasteiger partial charge in [0.1, 0.15) is 11.8 Å². The Labute approximate surface area is 149 Å². The predicted octanol–water partition coefficient (Wildman–Crippen LogP) is 3.45. The second-order valence-electron chi connectivity index (χ2n) is 5.26. The van der Waals surface area contributed by atoms with E-state index in [1.54, 1.807) is 48.7 Å². The maximum atomic E-state index is 12.8. The second-order valence-corrected chi connectivity index (χ2v) is 5.26. The molecule has 0 unspecified atom stereocenters. The summed E-state index contributed by atoms with van der Waals surface area (Å²) in [7, 11) is 0. The molecule has 2 aromatic heterocycles. The number of benzene rings is 1. The Morgan fingerprint density at radius 1 is 1.08 bits per heavy atom. The van der Waals surface area contributed by atoms with Crippen LogP contribution in [-0.4, -0.2) is 16.7 Å². The third-order valence-electron chi connectivity index (χ3n) is 3.47. The van der Waals surface area contributed by atoms with Gasteiger partial charge in [-0.3, -0.25) is 14.6 Å². The van der Waals surface area contributed by atoms with Crippen LogP contribution in [-0.2, 0) is 4.79 Å². The maximum absolute atomic E-state index is 12.8. The number of carbonyl (C=O) groups excluding carboxylic acids is 2. The highest BCUT2D eigenvalue weighted by atomic mass is 16.3. The minimum absolute atomic E-state index is 0.0930. The van der Waals surface area contributed by atoms with Crippen LogP contribution in [0.15, 0.2) is 77.0 Å². The highest BCUT2D eigenvalue weighted by Crippen LogP contribution is 2.17. The zero-order valence-corrected chi connectivity index (χ0v) is 13.5. The number of anilines is 1. The molecule has 2 heterocycles. The van der Waals surface area contributed by atoms with Gasteiger partial charge in [-0.15, -0.1) is 0 Å². The average molecular weight is 343 g/mol. The number of furan rings is 1. The van der Waals surface area contributed by atoms with E-state index in [0.29, 0.717) is 11.3 Å². The molecule has 3 aromatic rings. The number of nitrogens with zero attached hydrogens (tertiary/aromatic N) is 2. The normalized spacial score (nSPS) is 10.8. The van der Waals surface area contributed by atoms with Crippen molar-refractivity contribution in [2.24, 2.45) is 0 Å². The van der Waals surface area contributed by atoms with Gasteiger partial charge in [-0.25, -0.2) is 0 Å². The molecule has 3 rings (SSSR count). The second kappa shape index (κ2) is 7.73. The summed E-state index contributed by atoms with van der Waals surface area (Å²) >= 11 is 0. The fourth-order valence-corrected chi connectivity index (χ4v) is 2.25. The quantitative estimate of drug-likeness (QED) is 0.331. The molecule has 6 nitrogen and oxygen atoms in total. The lowest BCUT2D eigenvalue weighted by Crippen LogP contribution is -2.20. The van der Waals surface area contributed by atoms with Crippen LogP contribution in [0.25, 0.3) is 6.08 Å². The van der Waals surface area contributed by atoms with Crippen molar-refractivity contribution in [3.8, 4) is 6.07 Å². The number of rotatable bonds is 5. The Balaban J connectivity index is 1.97. The summed E-state index contributed by atoms with van der Waals surface area (Å²) in [5, 5.41) is 11.5. The molecular weight excluding hydrogens is 330 g/mol. The van der Waals surface area contributed by atoms with E-state index in [2.05, 4.69) is 10.3 Å². The van der Waals surface area contributed by atoms with Crippen LogP contribution in [0, 0.1) is 11.3 Å². The Morgan fingerprint density at radius 2 is 1.88 bits per heavy atom. The molecule has 0 atom stereocenters. The van der Waals surface area contributed by atoms with E-state index in [-0.39, 0.29) is 17.1 Å². The first-order valence-electron chi connectivity index (χ1n) is 7.70. The Kier molecular flexibility index (Phi) is 5.01. The average Bonchev–Trinajstić information content (AvgIpc) is 3.15. The molecule has 1 N–H and O–H groups in total. The molecule has 0 aliphatic carbocycles. The Morgan fingerprint density at radius 3 is 2.54 bits per heavy atom. The first kappa shape index (κ1) is 16.9. The minimum atomic E-state index is -0.596. The highest BCUT2D eigenvalue weighted by molar-refractivity contribution is 6.31. The van der Waals surface area contributed by atoms with Crippen LogP contribution in [0.1, 0.15) is 21.9 Å². The molecule has 0 spiro atoms. The van der Waals surface area contributed by atoms with Crippen molar-refractivity contribution in [2.75, 3.05) is 5.32 Å².